The predicted octanol–water partition coefficient (Wildman–Crippen LogP) is 4.19. The van der Waals surface area contributed by atoms with Crippen molar-refractivity contribution in [2.75, 3.05) is 5.43 Å². The van der Waals surface area contributed by atoms with Gasteiger partial charge in [-0.3, -0.25) is 4.79 Å². The molecule has 0 aliphatic heterocycles. The van der Waals surface area contributed by atoms with E-state index in [1.165, 1.54) is 16.7 Å². The van der Waals surface area contributed by atoms with E-state index < -0.39 is 0 Å². The Labute approximate surface area is 141 Å². The number of benzene rings is 2. The average Bonchev–Trinajstić information content (AvgIpc) is 2.90. The average molecular weight is 319 g/mol. The second kappa shape index (κ2) is 5.78. The first-order chi connectivity index (χ1) is 11.6. The van der Waals surface area contributed by atoms with Crippen LogP contribution in [0.2, 0.25) is 0 Å². The van der Waals surface area contributed by atoms with Crippen LogP contribution >= 0.6 is 0 Å². The summed E-state index contributed by atoms with van der Waals surface area (Å²) in [5.74, 6) is 0.217. The fourth-order valence-corrected chi connectivity index (χ4v) is 3.19. The Balaban J connectivity index is 1.72. The summed E-state index contributed by atoms with van der Waals surface area (Å²) in [5, 5.41) is 5.36. The van der Waals surface area contributed by atoms with Crippen LogP contribution in [0, 0.1) is 19.8 Å². The number of nitrogens with zero attached hydrogens (tertiary/aromatic N) is 2. The number of rotatable bonds is 3. The Morgan fingerprint density at radius 2 is 2.00 bits per heavy atom. The molecule has 3 aromatic rings. The molecule has 1 aromatic heterocycles. The summed E-state index contributed by atoms with van der Waals surface area (Å²) in [7, 11) is 0. The molecule has 0 saturated heterocycles. The molecule has 24 heavy (non-hydrogen) atoms. The molecule has 1 aliphatic carbocycles. The summed E-state index contributed by atoms with van der Waals surface area (Å²) in [4.78, 5) is 13.8. The molecule has 1 saturated carbocycles. The molecule has 4 nitrogen and oxygen atoms in total. The van der Waals surface area contributed by atoms with Gasteiger partial charge in [0.2, 0.25) is 5.91 Å². The van der Waals surface area contributed by atoms with Crippen molar-refractivity contribution in [3.63, 3.8) is 0 Å². The molecule has 122 valence electrons. The summed E-state index contributed by atoms with van der Waals surface area (Å²) >= 11 is 0. The van der Waals surface area contributed by atoms with Gasteiger partial charge in [0.15, 0.2) is 0 Å². The Morgan fingerprint density at radius 3 is 2.75 bits per heavy atom. The normalized spacial score (nSPS) is 14.6. The third kappa shape index (κ3) is 2.58. The van der Waals surface area contributed by atoms with Crippen molar-refractivity contribution in [1.82, 2.24) is 9.89 Å². The summed E-state index contributed by atoms with van der Waals surface area (Å²) in [6, 6.07) is 12.7. The van der Waals surface area contributed by atoms with Crippen LogP contribution in [-0.4, -0.2) is 15.8 Å². The van der Waals surface area contributed by atoms with Gasteiger partial charge >= 0.3 is 0 Å². The zero-order valence-electron chi connectivity index (χ0n) is 14.0. The van der Waals surface area contributed by atoms with E-state index in [2.05, 4.69) is 60.8 Å². The predicted molar refractivity (Wildman–Crippen MR) is 96.4 cm³/mol. The van der Waals surface area contributed by atoms with E-state index in [-0.39, 0.29) is 11.8 Å². The van der Waals surface area contributed by atoms with Gasteiger partial charge in [-0.15, -0.1) is 0 Å². The third-order valence-corrected chi connectivity index (χ3v) is 4.97. The number of aromatic nitrogens is 2. The molecular formula is C20H21N3O. The molecular weight excluding hydrogens is 298 g/mol. The number of aryl methyl sites for hydroxylation is 2. The van der Waals surface area contributed by atoms with Crippen molar-refractivity contribution >= 4 is 16.8 Å². The molecule has 0 atom stereocenters. The topological polar surface area (TPSA) is 46.9 Å². The largest absolute Gasteiger partial charge is 0.273 e. The van der Waals surface area contributed by atoms with Crippen LogP contribution in [0.1, 0.15) is 30.4 Å². The van der Waals surface area contributed by atoms with Crippen LogP contribution in [0.15, 0.2) is 42.6 Å². The summed E-state index contributed by atoms with van der Waals surface area (Å²) in [6.45, 7) is 4.22. The highest BCUT2D eigenvalue weighted by molar-refractivity contribution is 5.90. The van der Waals surface area contributed by atoms with Crippen molar-refractivity contribution in [3.05, 3.63) is 53.7 Å². The number of hydrogen-bond acceptors (Lipinski definition) is 2. The van der Waals surface area contributed by atoms with Crippen LogP contribution in [-0.2, 0) is 4.79 Å². The molecule has 0 unspecified atom stereocenters. The fraction of sp³-hybridized carbons (Fsp3) is 0.300. The van der Waals surface area contributed by atoms with Gasteiger partial charge in [0.05, 0.1) is 11.7 Å². The lowest BCUT2D eigenvalue weighted by atomic mass is 9.85. The minimum absolute atomic E-state index is 0.0726. The third-order valence-electron chi connectivity index (χ3n) is 4.97. The summed E-state index contributed by atoms with van der Waals surface area (Å²) < 4.78 is 0. The van der Waals surface area contributed by atoms with E-state index in [1.54, 1.807) is 11.0 Å². The molecule has 1 N–H and O–H groups in total. The van der Waals surface area contributed by atoms with Crippen LogP contribution in [0.4, 0.5) is 0 Å². The smallest absolute Gasteiger partial charge is 0.243 e. The van der Waals surface area contributed by atoms with Crippen LogP contribution in [0.5, 0.6) is 0 Å². The second-order valence-electron chi connectivity index (χ2n) is 6.75. The molecule has 0 bridgehead atoms. The van der Waals surface area contributed by atoms with Gasteiger partial charge in [-0.1, -0.05) is 42.3 Å². The van der Waals surface area contributed by atoms with Gasteiger partial charge < -0.3 is 0 Å². The van der Waals surface area contributed by atoms with E-state index in [4.69, 9.17) is 0 Å². The van der Waals surface area contributed by atoms with Crippen molar-refractivity contribution in [3.8, 4) is 11.1 Å². The lowest BCUT2D eigenvalue weighted by Crippen LogP contribution is -2.33. The maximum atomic E-state index is 12.2. The first-order valence-electron chi connectivity index (χ1n) is 8.48. The molecule has 0 radical (unpaired) electrons. The first-order valence-corrected chi connectivity index (χ1v) is 8.48. The fourth-order valence-electron chi connectivity index (χ4n) is 3.19. The molecule has 1 heterocycles. The molecule has 4 rings (SSSR count). The Morgan fingerprint density at radius 1 is 1.17 bits per heavy atom. The monoisotopic (exact) mass is 319 g/mol. The van der Waals surface area contributed by atoms with E-state index in [0.29, 0.717) is 0 Å². The Kier molecular flexibility index (Phi) is 3.60. The number of carbonyl (C=O) groups is 1. The quantitative estimate of drug-likeness (QED) is 0.787. The lowest BCUT2D eigenvalue weighted by Gasteiger charge is -2.24. The Hall–Kier alpha value is -2.62. The number of amides is 1. The van der Waals surface area contributed by atoms with E-state index in [9.17, 15) is 4.79 Å². The summed E-state index contributed by atoms with van der Waals surface area (Å²) in [5.41, 5.74) is 8.71. The van der Waals surface area contributed by atoms with Crippen LogP contribution in [0.3, 0.4) is 0 Å². The molecule has 1 aliphatic rings. The van der Waals surface area contributed by atoms with Crippen molar-refractivity contribution < 1.29 is 4.79 Å². The van der Waals surface area contributed by atoms with E-state index in [1.807, 2.05) is 0 Å². The lowest BCUT2D eigenvalue weighted by molar-refractivity contribution is -0.123. The highest BCUT2D eigenvalue weighted by Crippen LogP contribution is 2.29. The van der Waals surface area contributed by atoms with Gasteiger partial charge in [-0.25, -0.2) is 5.43 Å². The Bertz CT molecular complexity index is 922. The van der Waals surface area contributed by atoms with Crippen LogP contribution in [0.25, 0.3) is 22.0 Å². The molecule has 0 spiro atoms. The van der Waals surface area contributed by atoms with Crippen molar-refractivity contribution in [1.29, 1.82) is 0 Å². The van der Waals surface area contributed by atoms with E-state index in [0.717, 1.165) is 35.7 Å². The highest BCUT2D eigenvalue weighted by atomic mass is 16.2. The first kappa shape index (κ1) is 14.9. The second-order valence-corrected chi connectivity index (χ2v) is 6.75. The zero-order valence-corrected chi connectivity index (χ0v) is 14.0. The number of nitrogens with one attached hydrogen (secondary N) is 1. The minimum Gasteiger partial charge on any atom is -0.273 e. The van der Waals surface area contributed by atoms with E-state index >= 15 is 0 Å². The van der Waals surface area contributed by atoms with Crippen LogP contribution < -0.4 is 5.43 Å². The molecule has 4 heteroatoms. The van der Waals surface area contributed by atoms with Gasteiger partial charge in [0, 0.05) is 11.3 Å². The van der Waals surface area contributed by atoms with Gasteiger partial charge in [-0.2, -0.15) is 9.89 Å². The highest BCUT2D eigenvalue weighted by Gasteiger charge is 2.25. The van der Waals surface area contributed by atoms with Gasteiger partial charge in [0.25, 0.3) is 0 Å². The maximum Gasteiger partial charge on any atom is 0.243 e. The SMILES string of the molecule is Cc1ccc(C)c(-c2ccc3cnn(NC(=O)C4CCC4)c3c2)c1. The zero-order chi connectivity index (χ0) is 16.7. The van der Waals surface area contributed by atoms with Crippen molar-refractivity contribution in [2.24, 2.45) is 5.92 Å². The number of carbonyl (C=O) groups excluding carboxylic acids is 1. The standard InChI is InChI=1S/C20H21N3O/c1-13-6-7-14(2)18(10-13)16-8-9-17-12-21-23(19(17)11-16)22-20(24)15-4-3-5-15/h6-12,15H,3-5H2,1-2H3,(H,22,24). The minimum atomic E-state index is 0.0726. The maximum absolute atomic E-state index is 12.2. The van der Waals surface area contributed by atoms with Crippen molar-refractivity contribution in [2.45, 2.75) is 33.1 Å². The molecule has 1 fully saturated rings. The number of fused-ring (bicyclic) bond motifs is 1. The molecule has 2 aromatic carbocycles. The number of hydrogen-bond donors (Lipinski definition) is 1. The van der Waals surface area contributed by atoms with Gasteiger partial charge in [0.1, 0.15) is 0 Å². The van der Waals surface area contributed by atoms with Gasteiger partial charge in [-0.05, 0) is 49.4 Å². The molecule has 1 amide bonds. The summed E-state index contributed by atoms with van der Waals surface area (Å²) in [6.07, 6.45) is 4.91.